The molecule has 18 heavy (non-hydrogen) atoms. The number of carbonyl (C=O) groups is 1. The first-order chi connectivity index (χ1) is 8.58. The van der Waals surface area contributed by atoms with E-state index >= 15 is 0 Å². The van der Waals surface area contributed by atoms with Crippen molar-refractivity contribution in [3.8, 4) is 0 Å². The second kappa shape index (κ2) is 5.82. The maximum Gasteiger partial charge on any atom is 0.251 e. The molecule has 0 saturated heterocycles. The van der Waals surface area contributed by atoms with Crippen LogP contribution >= 0.6 is 38.9 Å². The SMILES string of the molecule is Cc1ncsc1CNC(=O)c1ccc(Br)c(Cl)c1. The molecule has 0 spiro atoms. The fraction of sp³-hybridized carbons (Fsp3) is 0.167. The van der Waals surface area contributed by atoms with E-state index in [9.17, 15) is 4.79 Å². The first kappa shape index (κ1) is 13.5. The van der Waals surface area contributed by atoms with E-state index in [4.69, 9.17) is 11.6 Å². The van der Waals surface area contributed by atoms with E-state index in [0.717, 1.165) is 15.0 Å². The average Bonchev–Trinajstić information content (AvgIpc) is 2.75. The van der Waals surface area contributed by atoms with Gasteiger partial charge in [-0.05, 0) is 41.1 Å². The first-order valence-electron chi connectivity index (χ1n) is 5.20. The van der Waals surface area contributed by atoms with Crippen molar-refractivity contribution in [2.75, 3.05) is 0 Å². The summed E-state index contributed by atoms with van der Waals surface area (Å²) in [5.74, 6) is -0.141. The minimum Gasteiger partial charge on any atom is -0.347 e. The number of aromatic nitrogens is 1. The van der Waals surface area contributed by atoms with E-state index in [2.05, 4.69) is 26.2 Å². The summed E-state index contributed by atoms with van der Waals surface area (Å²) in [6.45, 7) is 2.41. The van der Waals surface area contributed by atoms with Crippen LogP contribution in [0.3, 0.4) is 0 Å². The Morgan fingerprint density at radius 3 is 2.94 bits per heavy atom. The molecule has 3 nitrogen and oxygen atoms in total. The van der Waals surface area contributed by atoms with Gasteiger partial charge in [-0.2, -0.15) is 0 Å². The maximum absolute atomic E-state index is 11.9. The van der Waals surface area contributed by atoms with Crippen LogP contribution in [0.25, 0.3) is 0 Å². The highest BCUT2D eigenvalue weighted by atomic mass is 79.9. The Bertz CT molecular complexity index is 585. The largest absolute Gasteiger partial charge is 0.347 e. The minimum atomic E-state index is -0.141. The summed E-state index contributed by atoms with van der Waals surface area (Å²) >= 11 is 10.8. The lowest BCUT2D eigenvalue weighted by Gasteiger charge is -2.05. The van der Waals surface area contributed by atoms with Crippen molar-refractivity contribution in [1.29, 1.82) is 0 Å². The van der Waals surface area contributed by atoms with Gasteiger partial charge in [-0.15, -0.1) is 11.3 Å². The Labute approximate surface area is 122 Å². The molecule has 0 radical (unpaired) electrons. The monoisotopic (exact) mass is 344 g/mol. The first-order valence-corrected chi connectivity index (χ1v) is 7.25. The van der Waals surface area contributed by atoms with Gasteiger partial charge < -0.3 is 5.32 Å². The Morgan fingerprint density at radius 2 is 2.33 bits per heavy atom. The van der Waals surface area contributed by atoms with Crippen molar-refractivity contribution in [2.24, 2.45) is 0 Å². The van der Waals surface area contributed by atoms with Gasteiger partial charge >= 0.3 is 0 Å². The maximum atomic E-state index is 11.9. The number of halogens is 2. The molecule has 0 aliphatic heterocycles. The zero-order valence-corrected chi connectivity index (χ0v) is 12.7. The normalized spacial score (nSPS) is 10.4. The van der Waals surface area contributed by atoms with Crippen LogP contribution in [0, 0.1) is 6.92 Å². The third-order valence-corrected chi connectivity index (χ3v) is 4.60. The quantitative estimate of drug-likeness (QED) is 0.919. The van der Waals surface area contributed by atoms with Gasteiger partial charge in [0.05, 0.1) is 22.8 Å². The van der Waals surface area contributed by atoms with Crippen molar-refractivity contribution >= 4 is 44.8 Å². The number of rotatable bonds is 3. The molecule has 0 aliphatic carbocycles. The lowest BCUT2D eigenvalue weighted by molar-refractivity contribution is 0.0951. The van der Waals surface area contributed by atoms with Crippen LogP contribution in [0.5, 0.6) is 0 Å². The number of amides is 1. The van der Waals surface area contributed by atoms with Crippen LogP contribution in [0.2, 0.25) is 5.02 Å². The molecule has 2 rings (SSSR count). The molecule has 0 saturated carbocycles. The number of aryl methyl sites for hydroxylation is 1. The highest BCUT2D eigenvalue weighted by molar-refractivity contribution is 9.10. The van der Waals surface area contributed by atoms with Crippen LogP contribution in [-0.4, -0.2) is 10.9 Å². The zero-order valence-electron chi connectivity index (χ0n) is 9.54. The Kier molecular flexibility index (Phi) is 4.37. The van der Waals surface area contributed by atoms with Crippen LogP contribution in [0.1, 0.15) is 20.9 Å². The molecule has 0 fully saturated rings. The van der Waals surface area contributed by atoms with Gasteiger partial charge in [0.15, 0.2) is 0 Å². The predicted octanol–water partition coefficient (Wildman–Crippen LogP) is 3.80. The number of nitrogens with zero attached hydrogens (tertiary/aromatic N) is 1. The molecule has 0 aliphatic rings. The van der Waals surface area contributed by atoms with Gasteiger partial charge in [0.25, 0.3) is 5.91 Å². The number of thiazole rings is 1. The lowest BCUT2D eigenvalue weighted by Crippen LogP contribution is -2.22. The van der Waals surface area contributed by atoms with Gasteiger partial charge in [-0.3, -0.25) is 4.79 Å². The van der Waals surface area contributed by atoms with E-state index in [0.29, 0.717) is 17.1 Å². The van der Waals surface area contributed by atoms with Gasteiger partial charge in [0.2, 0.25) is 0 Å². The van der Waals surface area contributed by atoms with Crippen LogP contribution in [0.15, 0.2) is 28.2 Å². The molecule has 1 N–H and O–H groups in total. The van der Waals surface area contributed by atoms with Crippen molar-refractivity contribution in [3.05, 3.63) is 49.3 Å². The fourth-order valence-electron chi connectivity index (χ4n) is 1.40. The molecule has 1 heterocycles. The number of hydrogen-bond donors (Lipinski definition) is 1. The minimum absolute atomic E-state index is 0.141. The number of benzene rings is 1. The molecule has 0 unspecified atom stereocenters. The van der Waals surface area contributed by atoms with Crippen LogP contribution in [0.4, 0.5) is 0 Å². The van der Waals surface area contributed by atoms with E-state index in [1.54, 1.807) is 23.7 Å². The van der Waals surface area contributed by atoms with E-state index < -0.39 is 0 Å². The Balaban J connectivity index is 2.04. The zero-order chi connectivity index (χ0) is 13.1. The number of carbonyl (C=O) groups excluding carboxylic acids is 1. The van der Waals surface area contributed by atoms with Crippen molar-refractivity contribution in [3.63, 3.8) is 0 Å². The Morgan fingerprint density at radius 1 is 1.56 bits per heavy atom. The average molecular weight is 346 g/mol. The lowest BCUT2D eigenvalue weighted by atomic mass is 10.2. The molecule has 1 aromatic heterocycles. The number of nitrogens with one attached hydrogen (secondary N) is 1. The summed E-state index contributed by atoms with van der Waals surface area (Å²) in [6, 6.07) is 5.13. The third kappa shape index (κ3) is 3.10. The standard InChI is InChI=1S/C12H10BrClN2OS/c1-7-11(18-6-16-7)5-15-12(17)8-2-3-9(13)10(14)4-8/h2-4,6H,5H2,1H3,(H,15,17). The third-order valence-electron chi connectivity index (χ3n) is 2.44. The van der Waals surface area contributed by atoms with Crippen molar-refractivity contribution in [1.82, 2.24) is 10.3 Å². The van der Waals surface area contributed by atoms with Crippen molar-refractivity contribution < 1.29 is 4.79 Å². The fourth-order valence-corrected chi connectivity index (χ4v) is 2.54. The predicted molar refractivity (Wildman–Crippen MR) is 77.2 cm³/mol. The summed E-state index contributed by atoms with van der Waals surface area (Å²) in [5.41, 5.74) is 3.27. The molecular formula is C12H10BrClN2OS. The molecule has 0 atom stereocenters. The van der Waals surface area contributed by atoms with E-state index in [1.165, 1.54) is 11.3 Å². The van der Waals surface area contributed by atoms with Crippen molar-refractivity contribution in [2.45, 2.75) is 13.5 Å². The molecular weight excluding hydrogens is 336 g/mol. The summed E-state index contributed by atoms with van der Waals surface area (Å²) in [6.07, 6.45) is 0. The van der Waals surface area contributed by atoms with E-state index in [-0.39, 0.29) is 5.91 Å². The second-order valence-corrected chi connectivity index (χ2v) is 5.87. The summed E-state index contributed by atoms with van der Waals surface area (Å²) < 4.78 is 0.777. The van der Waals surface area contributed by atoms with Gasteiger partial charge in [0, 0.05) is 14.9 Å². The Hall–Kier alpha value is -0.910. The van der Waals surface area contributed by atoms with Crippen LogP contribution < -0.4 is 5.32 Å². The topological polar surface area (TPSA) is 42.0 Å². The smallest absolute Gasteiger partial charge is 0.251 e. The highest BCUT2D eigenvalue weighted by Gasteiger charge is 2.09. The van der Waals surface area contributed by atoms with Gasteiger partial charge in [-0.1, -0.05) is 11.6 Å². The molecule has 0 bridgehead atoms. The molecule has 94 valence electrons. The highest BCUT2D eigenvalue weighted by Crippen LogP contribution is 2.23. The van der Waals surface area contributed by atoms with Gasteiger partial charge in [0.1, 0.15) is 0 Å². The van der Waals surface area contributed by atoms with Crippen LogP contribution in [-0.2, 0) is 6.54 Å². The van der Waals surface area contributed by atoms with E-state index in [1.807, 2.05) is 6.92 Å². The molecule has 1 aromatic carbocycles. The summed E-state index contributed by atoms with van der Waals surface area (Å²) in [4.78, 5) is 17.1. The summed E-state index contributed by atoms with van der Waals surface area (Å²) in [5, 5.41) is 3.37. The molecule has 2 aromatic rings. The second-order valence-electron chi connectivity index (χ2n) is 3.67. The van der Waals surface area contributed by atoms with Gasteiger partial charge in [-0.25, -0.2) is 4.98 Å². The number of hydrogen-bond acceptors (Lipinski definition) is 3. The molecule has 6 heteroatoms. The molecule has 1 amide bonds. The summed E-state index contributed by atoms with van der Waals surface area (Å²) in [7, 11) is 0.